The normalized spacial score (nSPS) is 21.8. The Labute approximate surface area is 139 Å². The molecule has 126 valence electrons. The van der Waals surface area contributed by atoms with Crippen LogP contribution in [0.25, 0.3) is 0 Å². The Balaban J connectivity index is 1.60. The zero-order valence-electron chi connectivity index (χ0n) is 13.3. The minimum absolute atomic E-state index is 0.0602. The number of hydrogen-bond donors (Lipinski definition) is 2. The molecule has 0 heterocycles. The van der Waals surface area contributed by atoms with Gasteiger partial charge in [-0.25, -0.2) is 8.78 Å². The van der Waals surface area contributed by atoms with E-state index in [1.807, 2.05) is 18.2 Å². The highest BCUT2D eigenvalue weighted by atomic mass is 19.1. The fourth-order valence-corrected chi connectivity index (χ4v) is 2.92. The van der Waals surface area contributed by atoms with E-state index in [2.05, 4.69) is 5.32 Å². The summed E-state index contributed by atoms with van der Waals surface area (Å²) >= 11 is 0. The van der Waals surface area contributed by atoms with Crippen molar-refractivity contribution in [1.29, 1.82) is 0 Å². The van der Waals surface area contributed by atoms with Crippen LogP contribution in [0.15, 0.2) is 48.5 Å². The van der Waals surface area contributed by atoms with Gasteiger partial charge in [-0.05, 0) is 48.6 Å². The van der Waals surface area contributed by atoms with Gasteiger partial charge in [0.25, 0.3) is 0 Å². The van der Waals surface area contributed by atoms with Crippen LogP contribution in [0.2, 0.25) is 0 Å². The van der Waals surface area contributed by atoms with E-state index in [9.17, 15) is 18.7 Å². The molecule has 1 aliphatic rings. The maximum atomic E-state index is 13.8. The number of carbonyl (C=O) groups is 1. The molecule has 0 saturated heterocycles. The van der Waals surface area contributed by atoms with E-state index < -0.39 is 17.2 Å². The van der Waals surface area contributed by atoms with Gasteiger partial charge < -0.3 is 10.4 Å². The standard InChI is InChI=1S/C19H19F2NO2/c1-19(24,12-5-3-2-4-6-12)11-22-18(23)16-10-14(16)15-9-13(20)7-8-17(15)21/h2-9,14,16,24H,10-11H2,1H3,(H,22,23). The molecule has 2 aromatic carbocycles. The average molecular weight is 331 g/mol. The molecule has 3 rings (SSSR count). The molecule has 1 amide bonds. The van der Waals surface area contributed by atoms with Crippen LogP contribution >= 0.6 is 0 Å². The molecule has 3 atom stereocenters. The highest BCUT2D eigenvalue weighted by Gasteiger charge is 2.45. The molecule has 5 heteroatoms. The Bertz CT molecular complexity index is 746. The first kappa shape index (κ1) is 16.6. The van der Waals surface area contributed by atoms with Crippen molar-refractivity contribution >= 4 is 5.91 Å². The molecule has 0 aromatic heterocycles. The first-order chi connectivity index (χ1) is 11.4. The fraction of sp³-hybridized carbons (Fsp3) is 0.316. The van der Waals surface area contributed by atoms with Crippen molar-refractivity contribution in [2.75, 3.05) is 6.54 Å². The molecule has 0 spiro atoms. The smallest absolute Gasteiger partial charge is 0.223 e. The number of rotatable bonds is 5. The van der Waals surface area contributed by atoms with Crippen molar-refractivity contribution in [2.24, 2.45) is 5.92 Å². The van der Waals surface area contributed by atoms with E-state index in [-0.39, 0.29) is 29.9 Å². The van der Waals surface area contributed by atoms with Crippen LogP contribution < -0.4 is 5.32 Å². The summed E-state index contributed by atoms with van der Waals surface area (Å²) in [5.74, 6) is -1.94. The summed E-state index contributed by atoms with van der Waals surface area (Å²) in [5.41, 5.74) is -0.246. The van der Waals surface area contributed by atoms with Gasteiger partial charge in [0.05, 0.1) is 6.54 Å². The lowest BCUT2D eigenvalue weighted by atomic mass is 9.96. The largest absolute Gasteiger partial charge is 0.384 e. The lowest BCUT2D eigenvalue weighted by Crippen LogP contribution is -2.39. The van der Waals surface area contributed by atoms with Gasteiger partial charge in [-0.2, -0.15) is 0 Å². The number of hydrogen-bond acceptors (Lipinski definition) is 2. The Hall–Kier alpha value is -2.27. The Morgan fingerprint density at radius 1 is 1.25 bits per heavy atom. The molecule has 2 aromatic rings. The van der Waals surface area contributed by atoms with Crippen LogP contribution in [0.5, 0.6) is 0 Å². The van der Waals surface area contributed by atoms with E-state index in [0.29, 0.717) is 12.0 Å². The molecular formula is C19H19F2NO2. The van der Waals surface area contributed by atoms with Crippen LogP contribution in [-0.4, -0.2) is 17.6 Å². The first-order valence-electron chi connectivity index (χ1n) is 7.89. The van der Waals surface area contributed by atoms with Gasteiger partial charge in [0, 0.05) is 5.92 Å². The molecule has 1 aliphatic carbocycles. The fourth-order valence-electron chi connectivity index (χ4n) is 2.92. The van der Waals surface area contributed by atoms with Crippen molar-refractivity contribution in [3.8, 4) is 0 Å². The van der Waals surface area contributed by atoms with E-state index in [4.69, 9.17) is 0 Å². The Morgan fingerprint density at radius 3 is 2.67 bits per heavy atom. The van der Waals surface area contributed by atoms with Gasteiger partial charge in [0.2, 0.25) is 5.91 Å². The van der Waals surface area contributed by atoms with Gasteiger partial charge >= 0.3 is 0 Å². The Morgan fingerprint density at radius 2 is 1.96 bits per heavy atom. The molecule has 2 N–H and O–H groups in total. The number of amides is 1. The molecule has 0 radical (unpaired) electrons. The zero-order valence-corrected chi connectivity index (χ0v) is 13.3. The number of halogens is 2. The van der Waals surface area contributed by atoms with Crippen LogP contribution in [0.1, 0.15) is 30.4 Å². The lowest BCUT2D eigenvalue weighted by Gasteiger charge is -2.24. The Kier molecular flexibility index (Phi) is 4.37. The van der Waals surface area contributed by atoms with E-state index in [1.54, 1.807) is 19.1 Å². The van der Waals surface area contributed by atoms with Crippen molar-refractivity contribution in [1.82, 2.24) is 5.32 Å². The van der Waals surface area contributed by atoms with Crippen LogP contribution in [0.4, 0.5) is 8.78 Å². The number of carbonyl (C=O) groups excluding carboxylic acids is 1. The number of nitrogens with one attached hydrogen (secondary N) is 1. The molecule has 3 unspecified atom stereocenters. The summed E-state index contributed by atoms with van der Waals surface area (Å²) in [7, 11) is 0. The lowest BCUT2D eigenvalue weighted by molar-refractivity contribution is -0.123. The minimum atomic E-state index is -1.19. The maximum absolute atomic E-state index is 13.8. The molecule has 0 aliphatic heterocycles. The predicted octanol–water partition coefficient (Wildman–Crippen LogP) is 3.09. The second-order valence-corrected chi connectivity index (χ2v) is 6.47. The SMILES string of the molecule is CC(O)(CNC(=O)C1CC1c1cc(F)ccc1F)c1ccccc1. The molecule has 1 fully saturated rings. The third-order valence-corrected chi connectivity index (χ3v) is 4.49. The van der Waals surface area contributed by atoms with Gasteiger partial charge in [-0.1, -0.05) is 30.3 Å². The number of benzene rings is 2. The molecule has 3 nitrogen and oxygen atoms in total. The minimum Gasteiger partial charge on any atom is -0.384 e. The second kappa shape index (κ2) is 6.32. The summed E-state index contributed by atoms with van der Waals surface area (Å²) in [4.78, 5) is 12.2. The average Bonchev–Trinajstić information content (AvgIpc) is 3.36. The summed E-state index contributed by atoms with van der Waals surface area (Å²) in [6.45, 7) is 1.68. The van der Waals surface area contributed by atoms with E-state index >= 15 is 0 Å². The summed E-state index contributed by atoms with van der Waals surface area (Å²) in [6, 6.07) is 12.3. The van der Waals surface area contributed by atoms with E-state index in [0.717, 1.165) is 18.2 Å². The number of aliphatic hydroxyl groups is 1. The van der Waals surface area contributed by atoms with Crippen LogP contribution in [0.3, 0.4) is 0 Å². The topological polar surface area (TPSA) is 49.3 Å². The van der Waals surface area contributed by atoms with Crippen molar-refractivity contribution in [3.05, 3.63) is 71.3 Å². The van der Waals surface area contributed by atoms with Gasteiger partial charge in [-0.3, -0.25) is 4.79 Å². The quantitative estimate of drug-likeness (QED) is 0.884. The predicted molar refractivity (Wildman–Crippen MR) is 86.2 cm³/mol. The zero-order chi connectivity index (χ0) is 17.3. The highest BCUT2D eigenvalue weighted by molar-refractivity contribution is 5.83. The monoisotopic (exact) mass is 331 g/mol. The van der Waals surface area contributed by atoms with E-state index in [1.165, 1.54) is 0 Å². The molecular weight excluding hydrogens is 312 g/mol. The van der Waals surface area contributed by atoms with Crippen molar-refractivity contribution < 1.29 is 18.7 Å². The van der Waals surface area contributed by atoms with Gasteiger partial charge in [-0.15, -0.1) is 0 Å². The first-order valence-corrected chi connectivity index (χ1v) is 7.89. The summed E-state index contributed by atoms with van der Waals surface area (Å²) in [6.07, 6.45) is 0.486. The maximum Gasteiger partial charge on any atom is 0.223 e. The summed E-state index contributed by atoms with van der Waals surface area (Å²) in [5, 5.41) is 13.2. The highest BCUT2D eigenvalue weighted by Crippen LogP contribution is 2.48. The summed E-state index contributed by atoms with van der Waals surface area (Å²) < 4.78 is 27.0. The van der Waals surface area contributed by atoms with Crippen LogP contribution in [-0.2, 0) is 10.4 Å². The van der Waals surface area contributed by atoms with Gasteiger partial charge in [0.15, 0.2) is 0 Å². The van der Waals surface area contributed by atoms with Crippen molar-refractivity contribution in [2.45, 2.75) is 24.9 Å². The third kappa shape index (κ3) is 3.46. The third-order valence-electron chi connectivity index (χ3n) is 4.49. The van der Waals surface area contributed by atoms with Gasteiger partial charge in [0.1, 0.15) is 17.2 Å². The molecule has 0 bridgehead atoms. The molecule has 1 saturated carbocycles. The second-order valence-electron chi connectivity index (χ2n) is 6.47. The van der Waals surface area contributed by atoms with Crippen LogP contribution in [0, 0.1) is 17.6 Å². The van der Waals surface area contributed by atoms with Crippen molar-refractivity contribution in [3.63, 3.8) is 0 Å². The molecule has 24 heavy (non-hydrogen) atoms.